The van der Waals surface area contributed by atoms with Crippen molar-refractivity contribution >= 4 is 35.4 Å². The quantitative estimate of drug-likeness (QED) is 0.0765. The lowest BCUT2D eigenvalue weighted by Crippen LogP contribution is -2.76. The molecule has 0 saturated heterocycles. The van der Waals surface area contributed by atoms with Gasteiger partial charge in [0.25, 0.3) is 5.84 Å². The standard InChI is InChI=1S/C17H29FN6O7/c1-8(25)14(22-9(2)26)17(31)24-11(6-13(27)28)16(30)23-10(15(20)29)4-3-5-21-12(19)7-18/h8,10-11,14,25H,3-7H2,1-2H3,(H2,19,21)(H2,20,29)(H,22,26)(H,23,30)(H,24,31)(H,27,28)/t8?,10-,11-,14?/m0/s1. The summed E-state index contributed by atoms with van der Waals surface area (Å²) in [4.78, 5) is 61.1. The number of amidine groups is 1. The molecular formula is C17H29FN6O7. The smallest absolute Gasteiger partial charge is 0.272 e. The molecule has 0 aromatic heterocycles. The monoisotopic (exact) mass is 448 g/mol. The Morgan fingerprint density at radius 2 is 1.65 bits per heavy atom. The summed E-state index contributed by atoms with van der Waals surface area (Å²) in [6.45, 7) is 1.60. The van der Waals surface area contributed by atoms with Crippen molar-refractivity contribution in [1.82, 2.24) is 16.0 Å². The average molecular weight is 448 g/mol. The number of aliphatic hydroxyl groups is 1. The van der Waals surface area contributed by atoms with Crippen molar-refractivity contribution in [3.05, 3.63) is 0 Å². The van der Waals surface area contributed by atoms with Crippen LogP contribution >= 0.6 is 0 Å². The molecule has 4 amide bonds. The van der Waals surface area contributed by atoms with Gasteiger partial charge in [0, 0.05) is 19.3 Å². The van der Waals surface area contributed by atoms with Gasteiger partial charge in [-0.3, -0.25) is 29.9 Å². The summed E-state index contributed by atoms with van der Waals surface area (Å²) in [6, 6.07) is -4.35. The van der Waals surface area contributed by atoms with Gasteiger partial charge in [-0.1, -0.05) is 0 Å². The summed E-state index contributed by atoms with van der Waals surface area (Å²) in [5.74, 6) is -5.42. The zero-order valence-corrected chi connectivity index (χ0v) is 17.3. The fraction of sp³-hybridized carbons (Fsp3) is 0.647. The molecule has 14 heteroatoms. The maximum Gasteiger partial charge on any atom is 0.272 e. The molecule has 0 bridgehead atoms. The first-order valence-electron chi connectivity index (χ1n) is 9.35. The molecule has 0 aliphatic carbocycles. The minimum absolute atomic E-state index is 0.0157. The van der Waals surface area contributed by atoms with Crippen LogP contribution in [0, 0.1) is 0 Å². The SMILES string of the molecule is CC(=O)NC(C(=O)N[C@@H](CC(=O)[O-])C(=O)N[C@@H](CCC[NH+]=C(N)CF)C(N)=O)C(C)O. The van der Waals surface area contributed by atoms with Gasteiger partial charge in [-0.2, -0.15) is 0 Å². The number of carboxylic acid groups (broad SMARTS) is 1. The zero-order valence-electron chi connectivity index (χ0n) is 17.3. The van der Waals surface area contributed by atoms with E-state index in [2.05, 4.69) is 20.9 Å². The van der Waals surface area contributed by atoms with Crippen LogP contribution < -0.4 is 37.5 Å². The number of aliphatic hydroxyl groups excluding tert-OH is 1. The molecule has 31 heavy (non-hydrogen) atoms. The summed E-state index contributed by atoms with van der Waals surface area (Å²) in [6.07, 6.45) is -2.03. The van der Waals surface area contributed by atoms with Crippen LogP contribution in [0.3, 0.4) is 0 Å². The zero-order chi connectivity index (χ0) is 24.1. The second-order valence-electron chi connectivity index (χ2n) is 6.75. The highest BCUT2D eigenvalue weighted by Crippen LogP contribution is 2.01. The van der Waals surface area contributed by atoms with Crippen LogP contribution in [0.1, 0.15) is 33.1 Å². The molecular weight excluding hydrogens is 419 g/mol. The van der Waals surface area contributed by atoms with E-state index in [1.807, 2.05) is 0 Å². The number of rotatable bonds is 14. The fourth-order valence-corrected chi connectivity index (χ4v) is 2.42. The lowest BCUT2D eigenvalue weighted by Gasteiger charge is -2.25. The topological polar surface area (TPSA) is 231 Å². The van der Waals surface area contributed by atoms with Crippen molar-refractivity contribution in [2.75, 3.05) is 13.2 Å². The number of amides is 4. The molecule has 0 heterocycles. The first-order valence-corrected chi connectivity index (χ1v) is 9.35. The summed E-state index contributed by atoms with van der Waals surface area (Å²) in [7, 11) is 0. The third-order valence-corrected chi connectivity index (χ3v) is 3.95. The van der Waals surface area contributed by atoms with E-state index in [1.165, 1.54) is 6.92 Å². The van der Waals surface area contributed by atoms with Gasteiger partial charge < -0.3 is 36.7 Å². The van der Waals surface area contributed by atoms with E-state index in [-0.39, 0.29) is 25.2 Å². The van der Waals surface area contributed by atoms with Crippen molar-refractivity contribution in [3.63, 3.8) is 0 Å². The van der Waals surface area contributed by atoms with E-state index < -0.39 is 66.9 Å². The van der Waals surface area contributed by atoms with Crippen molar-refractivity contribution in [2.24, 2.45) is 11.5 Å². The second-order valence-corrected chi connectivity index (χ2v) is 6.75. The van der Waals surface area contributed by atoms with Gasteiger partial charge in [0.1, 0.15) is 18.1 Å². The van der Waals surface area contributed by atoms with Gasteiger partial charge in [0.05, 0.1) is 12.6 Å². The number of nitrogens with one attached hydrogen (secondary N) is 4. The molecule has 9 N–H and O–H groups in total. The van der Waals surface area contributed by atoms with Crippen LogP contribution in [0.2, 0.25) is 0 Å². The van der Waals surface area contributed by atoms with Crippen LogP contribution in [-0.2, 0) is 24.0 Å². The van der Waals surface area contributed by atoms with Crippen molar-refractivity contribution in [3.8, 4) is 0 Å². The van der Waals surface area contributed by atoms with Crippen LogP contribution in [0.15, 0.2) is 0 Å². The average Bonchev–Trinajstić information content (AvgIpc) is 2.66. The van der Waals surface area contributed by atoms with Crippen LogP contribution in [0.25, 0.3) is 0 Å². The molecule has 176 valence electrons. The number of carbonyl (C=O) groups is 5. The van der Waals surface area contributed by atoms with Gasteiger partial charge in [-0.25, -0.2) is 4.39 Å². The fourth-order valence-electron chi connectivity index (χ4n) is 2.42. The van der Waals surface area contributed by atoms with Gasteiger partial charge >= 0.3 is 0 Å². The highest BCUT2D eigenvalue weighted by atomic mass is 19.1. The van der Waals surface area contributed by atoms with Crippen molar-refractivity contribution < 1.29 is 43.6 Å². The minimum Gasteiger partial charge on any atom is -0.550 e. The van der Waals surface area contributed by atoms with Gasteiger partial charge in [0.15, 0.2) is 6.67 Å². The van der Waals surface area contributed by atoms with E-state index in [0.717, 1.165) is 6.92 Å². The largest absolute Gasteiger partial charge is 0.550 e. The molecule has 0 aliphatic heterocycles. The van der Waals surface area contributed by atoms with Crippen molar-refractivity contribution in [2.45, 2.75) is 57.3 Å². The number of hydrogen-bond acceptors (Lipinski definition) is 7. The number of nitrogens with two attached hydrogens (primary N) is 2. The third-order valence-electron chi connectivity index (χ3n) is 3.95. The molecule has 0 radical (unpaired) electrons. The van der Waals surface area contributed by atoms with E-state index in [0.29, 0.717) is 0 Å². The lowest BCUT2D eigenvalue weighted by molar-refractivity contribution is -0.460. The molecule has 0 rings (SSSR count). The van der Waals surface area contributed by atoms with Gasteiger partial charge in [-0.15, -0.1) is 0 Å². The Morgan fingerprint density at radius 3 is 2.10 bits per heavy atom. The lowest BCUT2D eigenvalue weighted by atomic mass is 10.1. The highest BCUT2D eigenvalue weighted by Gasteiger charge is 2.30. The molecule has 0 aliphatic rings. The van der Waals surface area contributed by atoms with Gasteiger partial charge in [0.2, 0.25) is 23.6 Å². The maximum atomic E-state index is 12.5. The summed E-state index contributed by atoms with van der Waals surface area (Å²) < 4.78 is 12.3. The number of primary amides is 1. The number of aliphatic carboxylic acids is 1. The van der Waals surface area contributed by atoms with E-state index in [1.54, 1.807) is 0 Å². The number of hydrogen-bond donors (Lipinski definition) is 7. The molecule has 0 aromatic carbocycles. The number of carboxylic acids is 1. The van der Waals surface area contributed by atoms with E-state index >= 15 is 0 Å². The Balaban J connectivity index is 5.23. The number of alkyl halides is 1. The van der Waals surface area contributed by atoms with Crippen LogP contribution in [-0.4, -0.2) is 78.0 Å². The summed E-state index contributed by atoms with van der Waals surface area (Å²) >= 11 is 0. The normalized spacial score (nSPS) is 15.2. The summed E-state index contributed by atoms with van der Waals surface area (Å²) in [5, 5.41) is 27.1. The number of halogens is 1. The Morgan fingerprint density at radius 1 is 1.06 bits per heavy atom. The van der Waals surface area contributed by atoms with E-state index in [4.69, 9.17) is 11.5 Å². The minimum atomic E-state index is -1.68. The second kappa shape index (κ2) is 13.8. The molecule has 0 fully saturated rings. The van der Waals surface area contributed by atoms with Gasteiger partial charge in [-0.05, 0) is 19.8 Å². The third kappa shape index (κ3) is 11.5. The number of carbonyl (C=O) groups excluding carboxylic acids is 5. The maximum absolute atomic E-state index is 12.5. The molecule has 0 aromatic rings. The van der Waals surface area contributed by atoms with Crippen molar-refractivity contribution in [1.29, 1.82) is 0 Å². The van der Waals surface area contributed by atoms with E-state index in [9.17, 15) is 38.6 Å². The highest BCUT2D eigenvalue weighted by molar-refractivity contribution is 5.95. The molecule has 4 atom stereocenters. The molecule has 0 spiro atoms. The van der Waals surface area contributed by atoms with Crippen LogP contribution in [0.5, 0.6) is 0 Å². The first kappa shape index (κ1) is 27.7. The Bertz CT molecular complexity index is 700. The molecule has 2 unspecified atom stereocenters. The first-order chi connectivity index (χ1) is 14.4. The predicted octanol–water partition coefficient (Wildman–Crippen LogP) is -6.35. The molecule has 0 saturated carbocycles. The summed E-state index contributed by atoms with van der Waals surface area (Å²) in [5.41, 5.74) is 10.5. The Kier molecular flexibility index (Phi) is 12.4. The molecule has 13 nitrogen and oxygen atoms in total. The Labute approximate surface area is 177 Å². The van der Waals surface area contributed by atoms with Crippen LogP contribution in [0.4, 0.5) is 4.39 Å². The predicted molar refractivity (Wildman–Crippen MR) is 102 cm³/mol. The Hall–Kier alpha value is -3.29.